The van der Waals surface area contributed by atoms with Crippen molar-refractivity contribution in [2.45, 2.75) is 79.1 Å². The van der Waals surface area contributed by atoms with Gasteiger partial charge in [0.2, 0.25) is 0 Å². The Morgan fingerprint density at radius 3 is 1.34 bits per heavy atom. The molecule has 1 unspecified atom stereocenters. The molecule has 0 amide bonds. The first-order valence-corrected chi connectivity index (χ1v) is 21.2. The van der Waals surface area contributed by atoms with E-state index < -0.39 is 0 Å². The zero-order chi connectivity index (χ0) is 41.8. The SMILES string of the molecule is CCCCOc1ccc(-c2ccc(/C(C#N)=C/c3cc(OCC(CC)CCCC)c(/C=C(\C#N)c4ccc(-c5ccc(OCCCC)cc5)cc4)cc3OC)cc2)cc1. The number of hydrogen-bond donors (Lipinski definition) is 0. The Hall–Kier alpha value is -6.24. The van der Waals surface area contributed by atoms with Crippen LogP contribution in [0.5, 0.6) is 23.0 Å². The molecule has 304 valence electrons. The van der Waals surface area contributed by atoms with Crippen LogP contribution in [0.25, 0.3) is 45.6 Å². The van der Waals surface area contributed by atoms with Gasteiger partial charge in [0.25, 0.3) is 0 Å². The summed E-state index contributed by atoms with van der Waals surface area (Å²) in [5.41, 5.74) is 8.28. The summed E-state index contributed by atoms with van der Waals surface area (Å²) >= 11 is 0. The number of methoxy groups -OCH3 is 1. The van der Waals surface area contributed by atoms with Crippen LogP contribution in [0, 0.1) is 28.6 Å². The summed E-state index contributed by atoms with van der Waals surface area (Å²) in [7, 11) is 1.62. The fraction of sp³-hybridized carbons (Fsp3) is 0.321. The maximum Gasteiger partial charge on any atom is 0.127 e. The fourth-order valence-electron chi connectivity index (χ4n) is 6.74. The van der Waals surface area contributed by atoms with Crippen molar-refractivity contribution in [3.05, 3.63) is 131 Å². The van der Waals surface area contributed by atoms with E-state index in [4.69, 9.17) is 18.9 Å². The summed E-state index contributed by atoms with van der Waals surface area (Å²) in [4.78, 5) is 0. The molecule has 0 radical (unpaired) electrons. The third-order valence-corrected chi connectivity index (χ3v) is 10.5. The molecule has 0 bridgehead atoms. The molecular weight excluding hydrogens is 729 g/mol. The normalized spacial score (nSPS) is 12.0. The predicted octanol–water partition coefficient (Wildman–Crippen LogP) is 14.1. The zero-order valence-corrected chi connectivity index (χ0v) is 35.4. The predicted molar refractivity (Wildman–Crippen MR) is 243 cm³/mol. The van der Waals surface area contributed by atoms with Crippen molar-refractivity contribution in [1.82, 2.24) is 0 Å². The lowest BCUT2D eigenvalue weighted by atomic mass is 9.97. The van der Waals surface area contributed by atoms with Crippen LogP contribution in [0.15, 0.2) is 109 Å². The van der Waals surface area contributed by atoms with Gasteiger partial charge in [-0.2, -0.15) is 10.5 Å². The van der Waals surface area contributed by atoms with Crippen LogP contribution in [0.1, 0.15) is 101 Å². The van der Waals surface area contributed by atoms with E-state index in [2.05, 4.69) is 64.1 Å². The second-order valence-electron chi connectivity index (χ2n) is 14.8. The van der Waals surface area contributed by atoms with Crippen molar-refractivity contribution in [2.24, 2.45) is 5.92 Å². The quantitative estimate of drug-likeness (QED) is 0.0395. The summed E-state index contributed by atoms with van der Waals surface area (Å²) in [6, 6.07) is 40.9. The van der Waals surface area contributed by atoms with E-state index in [0.29, 0.717) is 53.9 Å². The number of nitriles is 2. The molecule has 0 fully saturated rings. The van der Waals surface area contributed by atoms with Crippen LogP contribution in [0.2, 0.25) is 0 Å². The topological polar surface area (TPSA) is 84.5 Å². The van der Waals surface area contributed by atoms with Crippen molar-refractivity contribution in [2.75, 3.05) is 26.9 Å². The maximum absolute atomic E-state index is 10.4. The summed E-state index contributed by atoms with van der Waals surface area (Å²) in [5.74, 6) is 3.32. The lowest BCUT2D eigenvalue weighted by Gasteiger charge is -2.19. The largest absolute Gasteiger partial charge is 0.496 e. The molecule has 5 rings (SSSR count). The number of nitrogens with zero attached hydrogens (tertiary/aromatic N) is 2. The van der Waals surface area contributed by atoms with Gasteiger partial charge < -0.3 is 18.9 Å². The van der Waals surface area contributed by atoms with Gasteiger partial charge >= 0.3 is 0 Å². The zero-order valence-electron chi connectivity index (χ0n) is 35.4. The van der Waals surface area contributed by atoms with Crippen LogP contribution in [-0.4, -0.2) is 26.9 Å². The Balaban J connectivity index is 1.44. The van der Waals surface area contributed by atoms with Gasteiger partial charge in [-0.05, 0) is 107 Å². The highest BCUT2D eigenvalue weighted by atomic mass is 16.5. The first kappa shape index (κ1) is 43.9. The third kappa shape index (κ3) is 12.6. The van der Waals surface area contributed by atoms with E-state index in [9.17, 15) is 10.5 Å². The van der Waals surface area contributed by atoms with Crippen LogP contribution in [-0.2, 0) is 0 Å². The second-order valence-corrected chi connectivity index (χ2v) is 14.8. The second kappa shape index (κ2) is 23.2. The highest BCUT2D eigenvalue weighted by molar-refractivity contribution is 5.94. The van der Waals surface area contributed by atoms with Gasteiger partial charge in [-0.3, -0.25) is 0 Å². The van der Waals surface area contributed by atoms with Gasteiger partial charge in [0, 0.05) is 11.1 Å². The molecule has 0 saturated heterocycles. The smallest absolute Gasteiger partial charge is 0.127 e. The van der Waals surface area contributed by atoms with Crippen LogP contribution in [0.3, 0.4) is 0 Å². The van der Waals surface area contributed by atoms with Gasteiger partial charge in [0.1, 0.15) is 23.0 Å². The van der Waals surface area contributed by atoms with Crippen molar-refractivity contribution in [3.63, 3.8) is 0 Å². The van der Waals surface area contributed by atoms with E-state index in [1.807, 2.05) is 97.1 Å². The maximum atomic E-state index is 10.4. The summed E-state index contributed by atoms with van der Waals surface area (Å²) in [6.45, 7) is 10.7. The molecule has 1 atom stereocenters. The average Bonchev–Trinajstić information content (AvgIpc) is 3.28. The third-order valence-electron chi connectivity index (χ3n) is 10.5. The number of ether oxygens (including phenoxy) is 4. The van der Waals surface area contributed by atoms with Gasteiger partial charge in [0.05, 0.1) is 50.2 Å². The fourth-order valence-corrected chi connectivity index (χ4v) is 6.74. The summed E-state index contributed by atoms with van der Waals surface area (Å²) in [6.07, 6.45) is 12.3. The van der Waals surface area contributed by atoms with E-state index in [-0.39, 0.29) is 0 Å². The van der Waals surface area contributed by atoms with Crippen LogP contribution >= 0.6 is 0 Å². The molecule has 0 spiro atoms. The molecule has 0 N–H and O–H groups in total. The van der Waals surface area contributed by atoms with Crippen molar-refractivity contribution >= 4 is 23.3 Å². The Kier molecular flexibility index (Phi) is 17.3. The Morgan fingerprint density at radius 2 is 0.949 bits per heavy atom. The molecule has 59 heavy (non-hydrogen) atoms. The Labute approximate surface area is 352 Å². The molecular formula is C53H58N2O4. The van der Waals surface area contributed by atoms with E-state index >= 15 is 0 Å². The van der Waals surface area contributed by atoms with E-state index in [1.165, 1.54) is 0 Å². The molecule has 5 aromatic carbocycles. The molecule has 6 heteroatoms. The molecule has 0 heterocycles. The molecule has 0 saturated carbocycles. The lowest BCUT2D eigenvalue weighted by molar-refractivity contribution is 0.232. The standard InChI is InChI=1S/C53H58N2O4/c1-6-10-13-39(9-4)38-59-53-35-46(32-48(36-54)44-18-14-40(15-19-44)42-22-26-50(27-23-42)57-30-11-7-2)52(56-5)34-47(53)33-49(37-55)45-20-16-41(17-21-45)43-24-28-51(29-25-43)58-31-12-8-3/h14-29,32-35,39H,6-13,30-31,38H2,1-5H3/b48-32+,49-33+. The van der Waals surface area contributed by atoms with Crippen molar-refractivity contribution in [1.29, 1.82) is 10.5 Å². The van der Waals surface area contributed by atoms with Crippen LogP contribution < -0.4 is 18.9 Å². The van der Waals surface area contributed by atoms with Gasteiger partial charge in [-0.15, -0.1) is 0 Å². The molecule has 5 aromatic rings. The van der Waals surface area contributed by atoms with E-state index in [0.717, 1.165) is 102 Å². The van der Waals surface area contributed by atoms with Gasteiger partial charge in [-0.25, -0.2) is 0 Å². The molecule has 0 aliphatic heterocycles. The van der Waals surface area contributed by atoms with Gasteiger partial charge in [-0.1, -0.05) is 133 Å². The summed E-state index contributed by atoms with van der Waals surface area (Å²) in [5, 5.41) is 20.8. The minimum Gasteiger partial charge on any atom is -0.496 e. The monoisotopic (exact) mass is 786 g/mol. The first-order valence-electron chi connectivity index (χ1n) is 21.2. The number of benzene rings is 5. The molecule has 0 aromatic heterocycles. The van der Waals surface area contributed by atoms with Crippen molar-refractivity contribution in [3.8, 4) is 57.4 Å². The number of rotatable bonds is 22. The average molecular weight is 787 g/mol. The highest BCUT2D eigenvalue weighted by Gasteiger charge is 2.16. The van der Waals surface area contributed by atoms with Crippen LogP contribution in [0.4, 0.5) is 0 Å². The number of hydrogen-bond acceptors (Lipinski definition) is 6. The minimum atomic E-state index is 0.394. The first-order chi connectivity index (χ1) is 28.9. The molecule has 6 nitrogen and oxygen atoms in total. The van der Waals surface area contributed by atoms with E-state index in [1.54, 1.807) is 7.11 Å². The van der Waals surface area contributed by atoms with Crippen molar-refractivity contribution < 1.29 is 18.9 Å². The number of allylic oxidation sites excluding steroid dienone is 2. The highest BCUT2D eigenvalue weighted by Crippen LogP contribution is 2.36. The van der Waals surface area contributed by atoms with Gasteiger partial charge in [0.15, 0.2) is 0 Å². The minimum absolute atomic E-state index is 0.394. The summed E-state index contributed by atoms with van der Waals surface area (Å²) < 4.78 is 24.2. The Morgan fingerprint density at radius 1 is 0.542 bits per heavy atom. The molecule has 0 aliphatic rings. The number of unbranched alkanes of at least 4 members (excludes halogenated alkanes) is 3. The Bertz CT molecular complexity index is 2210. The molecule has 0 aliphatic carbocycles. The lowest BCUT2D eigenvalue weighted by Crippen LogP contribution is -2.12.